The molecule has 0 heterocycles. The van der Waals surface area contributed by atoms with Gasteiger partial charge in [-0.1, -0.05) is 42.5 Å². The van der Waals surface area contributed by atoms with Crippen LogP contribution in [-0.2, 0) is 22.6 Å². The summed E-state index contributed by atoms with van der Waals surface area (Å²) < 4.78 is 6.68. The van der Waals surface area contributed by atoms with E-state index >= 15 is 0 Å². The third-order valence-electron chi connectivity index (χ3n) is 5.20. The molecule has 33 heavy (non-hydrogen) atoms. The molecular formula is C25H24I2N2O4. The molecule has 1 atom stereocenters. The first-order valence-corrected chi connectivity index (χ1v) is 12.4. The minimum atomic E-state index is -0.871. The number of alkyl carbamates (subject to hydrolysis) is 1. The molecule has 3 aromatic rings. The maximum atomic E-state index is 13.2. The van der Waals surface area contributed by atoms with Crippen molar-refractivity contribution in [1.82, 2.24) is 5.32 Å². The van der Waals surface area contributed by atoms with Crippen molar-refractivity contribution in [1.29, 1.82) is 0 Å². The molecule has 0 bridgehead atoms. The predicted octanol–water partition coefficient (Wildman–Crippen LogP) is 5.69. The SMILES string of the molecule is Cc1cccc(NC(=O)C(Cc2cc(I)c(O)c(I)c2)NC(=O)OCc2ccccc2)c1C. The van der Waals surface area contributed by atoms with E-state index in [0.717, 1.165) is 22.3 Å². The van der Waals surface area contributed by atoms with Crippen LogP contribution in [0.2, 0.25) is 0 Å². The zero-order valence-corrected chi connectivity index (χ0v) is 22.5. The van der Waals surface area contributed by atoms with Gasteiger partial charge in [-0.3, -0.25) is 4.79 Å². The average molecular weight is 670 g/mol. The highest BCUT2D eigenvalue weighted by atomic mass is 127. The fraction of sp³-hybridized carbons (Fsp3) is 0.200. The van der Waals surface area contributed by atoms with Crippen molar-refractivity contribution in [2.75, 3.05) is 5.32 Å². The second-order valence-electron chi connectivity index (χ2n) is 7.61. The Hall–Kier alpha value is -2.34. The summed E-state index contributed by atoms with van der Waals surface area (Å²) in [6.45, 7) is 4.02. The summed E-state index contributed by atoms with van der Waals surface area (Å²) in [4.78, 5) is 25.7. The minimum Gasteiger partial charge on any atom is -0.506 e. The molecule has 3 N–H and O–H groups in total. The van der Waals surface area contributed by atoms with Crippen LogP contribution in [0, 0.1) is 21.0 Å². The monoisotopic (exact) mass is 670 g/mol. The number of ether oxygens (including phenoxy) is 1. The first-order chi connectivity index (χ1) is 15.7. The van der Waals surface area contributed by atoms with Gasteiger partial charge in [-0.15, -0.1) is 0 Å². The van der Waals surface area contributed by atoms with Gasteiger partial charge in [-0.2, -0.15) is 0 Å². The van der Waals surface area contributed by atoms with Crippen LogP contribution in [0.15, 0.2) is 60.7 Å². The van der Waals surface area contributed by atoms with Crippen molar-refractivity contribution >= 4 is 62.9 Å². The summed E-state index contributed by atoms with van der Waals surface area (Å²) in [6.07, 6.45) is -0.438. The molecule has 3 aromatic carbocycles. The molecule has 2 amide bonds. The third-order valence-corrected chi connectivity index (χ3v) is 6.84. The zero-order chi connectivity index (χ0) is 24.0. The van der Waals surface area contributed by atoms with Gasteiger partial charge in [-0.05, 0) is 99.5 Å². The summed E-state index contributed by atoms with van der Waals surface area (Å²) in [6, 6.07) is 17.7. The Morgan fingerprint density at radius 2 is 1.64 bits per heavy atom. The van der Waals surface area contributed by atoms with E-state index in [4.69, 9.17) is 4.74 Å². The molecule has 0 aromatic heterocycles. The van der Waals surface area contributed by atoms with Gasteiger partial charge >= 0.3 is 6.09 Å². The normalized spacial score (nSPS) is 11.5. The van der Waals surface area contributed by atoms with Crippen molar-refractivity contribution in [3.05, 3.63) is 90.1 Å². The number of nitrogens with one attached hydrogen (secondary N) is 2. The number of phenols is 1. The van der Waals surface area contributed by atoms with E-state index in [1.807, 2.05) is 108 Å². The summed E-state index contributed by atoms with van der Waals surface area (Å²) in [5, 5.41) is 15.7. The van der Waals surface area contributed by atoms with E-state index in [-0.39, 0.29) is 24.7 Å². The summed E-state index contributed by atoms with van der Waals surface area (Å²) in [7, 11) is 0. The van der Waals surface area contributed by atoms with E-state index in [1.54, 1.807) is 12.1 Å². The molecule has 0 spiro atoms. The van der Waals surface area contributed by atoms with E-state index in [2.05, 4.69) is 10.6 Å². The van der Waals surface area contributed by atoms with Crippen molar-refractivity contribution in [3.8, 4) is 5.75 Å². The van der Waals surface area contributed by atoms with Crippen molar-refractivity contribution in [2.45, 2.75) is 32.9 Å². The Morgan fingerprint density at radius 1 is 0.970 bits per heavy atom. The highest BCUT2D eigenvalue weighted by Gasteiger charge is 2.24. The zero-order valence-electron chi connectivity index (χ0n) is 18.2. The molecule has 8 heteroatoms. The van der Waals surface area contributed by atoms with E-state index < -0.39 is 12.1 Å². The fourth-order valence-corrected chi connectivity index (χ4v) is 5.09. The Labute approximate surface area is 220 Å². The smallest absolute Gasteiger partial charge is 0.408 e. The lowest BCUT2D eigenvalue weighted by atomic mass is 10.0. The number of aromatic hydroxyl groups is 1. The number of carbonyl (C=O) groups excluding carboxylic acids is 2. The lowest BCUT2D eigenvalue weighted by molar-refractivity contribution is -0.118. The third kappa shape index (κ3) is 7.07. The van der Waals surface area contributed by atoms with Crippen LogP contribution in [0.25, 0.3) is 0 Å². The predicted molar refractivity (Wildman–Crippen MR) is 145 cm³/mol. The number of benzene rings is 3. The van der Waals surface area contributed by atoms with Crippen LogP contribution >= 0.6 is 45.2 Å². The molecule has 0 aliphatic carbocycles. The van der Waals surface area contributed by atoms with Crippen LogP contribution in [0.4, 0.5) is 10.5 Å². The molecule has 172 valence electrons. The molecule has 0 aliphatic rings. The second-order valence-corrected chi connectivity index (χ2v) is 9.93. The van der Waals surface area contributed by atoms with Crippen LogP contribution in [0.1, 0.15) is 22.3 Å². The van der Waals surface area contributed by atoms with Crippen LogP contribution < -0.4 is 10.6 Å². The van der Waals surface area contributed by atoms with Gasteiger partial charge in [0.25, 0.3) is 0 Å². The van der Waals surface area contributed by atoms with Gasteiger partial charge in [0.05, 0.1) is 7.14 Å². The number of hydrogen-bond donors (Lipinski definition) is 3. The Bertz CT molecular complexity index is 1130. The van der Waals surface area contributed by atoms with Crippen LogP contribution in [0.5, 0.6) is 5.75 Å². The quantitative estimate of drug-likeness (QED) is 0.282. The molecule has 0 aliphatic heterocycles. The van der Waals surface area contributed by atoms with Crippen molar-refractivity contribution < 1.29 is 19.4 Å². The summed E-state index contributed by atoms with van der Waals surface area (Å²) in [5.74, 6) is -0.148. The highest BCUT2D eigenvalue weighted by Crippen LogP contribution is 2.28. The number of hydrogen-bond acceptors (Lipinski definition) is 4. The molecule has 0 saturated carbocycles. The number of halogens is 2. The van der Waals surface area contributed by atoms with E-state index in [1.165, 1.54) is 0 Å². The van der Waals surface area contributed by atoms with Crippen molar-refractivity contribution in [2.24, 2.45) is 0 Å². The molecule has 0 fully saturated rings. The molecular weight excluding hydrogens is 646 g/mol. The molecule has 0 saturated heterocycles. The molecule has 3 rings (SSSR count). The Morgan fingerprint density at radius 3 is 2.30 bits per heavy atom. The Kier molecular flexibility index (Phi) is 8.95. The topological polar surface area (TPSA) is 87.7 Å². The number of anilines is 1. The number of phenolic OH excluding ortho intramolecular Hbond substituents is 1. The van der Waals surface area contributed by atoms with Crippen LogP contribution in [0.3, 0.4) is 0 Å². The van der Waals surface area contributed by atoms with Gasteiger partial charge in [-0.25, -0.2) is 4.79 Å². The first kappa shape index (κ1) is 25.3. The fourth-order valence-electron chi connectivity index (χ4n) is 3.19. The number of rotatable bonds is 7. The standard InChI is InChI=1S/C25H24I2N2O4/c1-15-7-6-10-21(16(15)2)28-24(31)22(13-18-11-19(26)23(30)20(27)12-18)29-25(32)33-14-17-8-4-3-5-9-17/h3-12,22,30H,13-14H2,1-2H3,(H,28,31)(H,29,32). The molecule has 0 radical (unpaired) electrons. The van der Waals surface area contributed by atoms with Crippen LogP contribution in [-0.4, -0.2) is 23.1 Å². The van der Waals surface area contributed by atoms with Gasteiger partial charge in [0.1, 0.15) is 18.4 Å². The van der Waals surface area contributed by atoms with Crippen molar-refractivity contribution in [3.63, 3.8) is 0 Å². The minimum absolute atomic E-state index is 0.104. The lowest BCUT2D eigenvalue weighted by Gasteiger charge is -2.20. The highest BCUT2D eigenvalue weighted by molar-refractivity contribution is 14.1. The van der Waals surface area contributed by atoms with Gasteiger partial charge < -0.3 is 20.5 Å². The first-order valence-electron chi connectivity index (χ1n) is 10.3. The van der Waals surface area contributed by atoms with Gasteiger partial charge in [0.2, 0.25) is 5.91 Å². The van der Waals surface area contributed by atoms with E-state index in [9.17, 15) is 14.7 Å². The largest absolute Gasteiger partial charge is 0.506 e. The lowest BCUT2D eigenvalue weighted by Crippen LogP contribution is -2.45. The summed E-state index contributed by atoms with van der Waals surface area (Å²) in [5.41, 5.74) is 4.38. The number of carbonyl (C=O) groups is 2. The van der Waals surface area contributed by atoms with Gasteiger partial charge in [0.15, 0.2) is 0 Å². The maximum absolute atomic E-state index is 13.2. The maximum Gasteiger partial charge on any atom is 0.408 e. The molecule has 1 unspecified atom stereocenters. The second kappa shape index (κ2) is 11.7. The summed E-state index contributed by atoms with van der Waals surface area (Å²) >= 11 is 4.09. The average Bonchev–Trinajstić information content (AvgIpc) is 2.79. The van der Waals surface area contributed by atoms with Gasteiger partial charge in [0, 0.05) is 12.1 Å². The Balaban J connectivity index is 1.78. The van der Waals surface area contributed by atoms with E-state index in [0.29, 0.717) is 12.8 Å². The number of aryl methyl sites for hydroxylation is 1. The molecule has 6 nitrogen and oxygen atoms in total. The number of amides is 2.